The first-order valence-electron chi connectivity index (χ1n) is 4.95. The summed E-state index contributed by atoms with van der Waals surface area (Å²) in [5.74, 6) is 0.309. The maximum Gasteiger partial charge on any atom is 0.442 e. The van der Waals surface area contributed by atoms with Crippen LogP contribution < -0.4 is 0 Å². The number of nitrogens with zero attached hydrogens (tertiary/aromatic N) is 2. The molecule has 1 saturated heterocycles. The molecule has 1 aliphatic heterocycles. The number of ether oxygens (including phenoxy) is 1. The van der Waals surface area contributed by atoms with E-state index < -0.39 is 12.3 Å². The Morgan fingerprint density at radius 3 is 2.71 bits per heavy atom. The van der Waals surface area contributed by atoms with Gasteiger partial charge in [0.2, 0.25) is 6.23 Å². The number of hydroxylamine groups is 2. The highest BCUT2D eigenvalue weighted by Gasteiger charge is 2.44. The van der Waals surface area contributed by atoms with Gasteiger partial charge in [-0.2, -0.15) is 5.26 Å². The number of benzene rings is 1. The van der Waals surface area contributed by atoms with E-state index >= 15 is 0 Å². The van der Waals surface area contributed by atoms with E-state index in [2.05, 4.69) is 6.58 Å². The maximum absolute atomic E-state index is 11.4. The van der Waals surface area contributed by atoms with Gasteiger partial charge in [0, 0.05) is 5.56 Å². The lowest BCUT2D eigenvalue weighted by Gasteiger charge is -2.00. The van der Waals surface area contributed by atoms with Crippen molar-refractivity contribution in [1.29, 1.82) is 5.26 Å². The van der Waals surface area contributed by atoms with Gasteiger partial charge in [-0.05, 0) is 19.1 Å². The van der Waals surface area contributed by atoms with Crippen LogP contribution in [0.15, 0.2) is 36.6 Å². The number of carbonyl (C=O) groups is 1. The van der Waals surface area contributed by atoms with Crippen LogP contribution in [0.4, 0.5) is 4.79 Å². The minimum Gasteiger partial charge on any atom is -0.414 e. The molecule has 1 aliphatic rings. The SMILES string of the molecule is C=C(C)OC(=O)N1OC1c1ccc(C#N)cc1. The van der Waals surface area contributed by atoms with E-state index in [1.807, 2.05) is 6.07 Å². The molecule has 1 aromatic rings. The van der Waals surface area contributed by atoms with Crippen LogP contribution in [0.5, 0.6) is 0 Å². The van der Waals surface area contributed by atoms with Gasteiger partial charge in [0.15, 0.2) is 0 Å². The fourth-order valence-electron chi connectivity index (χ4n) is 1.33. The van der Waals surface area contributed by atoms with Gasteiger partial charge < -0.3 is 4.74 Å². The molecule has 0 radical (unpaired) electrons. The molecule has 5 heteroatoms. The number of hydrogen-bond donors (Lipinski definition) is 0. The van der Waals surface area contributed by atoms with Crippen LogP contribution in [0.25, 0.3) is 0 Å². The Morgan fingerprint density at radius 1 is 1.53 bits per heavy atom. The number of carbonyl (C=O) groups excluding carboxylic acids is 1. The third-order valence-corrected chi connectivity index (χ3v) is 2.15. The molecule has 0 bridgehead atoms. The van der Waals surface area contributed by atoms with Crippen LogP contribution in [0.2, 0.25) is 0 Å². The highest BCUT2D eigenvalue weighted by atomic mass is 16.9. The molecule has 1 fully saturated rings. The molecule has 1 amide bonds. The van der Waals surface area contributed by atoms with Crippen LogP contribution in [-0.2, 0) is 9.57 Å². The fraction of sp³-hybridized carbons (Fsp3) is 0.167. The second-order valence-electron chi connectivity index (χ2n) is 3.59. The quantitative estimate of drug-likeness (QED) is 0.578. The maximum atomic E-state index is 11.4. The molecule has 5 nitrogen and oxygen atoms in total. The van der Waals surface area contributed by atoms with Gasteiger partial charge >= 0.3 is 6.09 Å². The second-order valence-corrected chi connectivity index (χ2v) is 3.59. The van der Waals surface area contributed by atoms with Gasteiger partial charge in [0.1, 0.15) is 0 Å². The van der Waals surface area contributed by atoms with Crippen molar-refractivity contribution in [1.82, 2.24) is 5.06 Å². The number of amides is 1. The largest absolute Gasteiger partial charge is 0.442 e. The zero-order valence-electron chi connectivity index (χ0n) is 9.21. The van der Waals surface area contributed by atoms with Crippen molar-refractivity contribution >= 4 is 6.09 Å². The molecule has 0 saturated carbocycles. The van der Waals surface area contributed by atoms with Crippen LogP contribution >= 0.6 is 0 Å². The molecule has 1 atom stereocenters. The number of rotatable bonds is 2. The van der Waals surface area contributed by atoms with Crippen molar-refractivity contribution in [2.24, 2.45) is 0 Å². The molecular formula is C12H10N2O3. The summed E-state index contributed by atoms with van der Waals surface area (Å²) < 4.78 is 4.79. The summed E-state index contributed by atoms with van der Waals surface area (Å²) in [6, 6.07) is 8.81. The molecule has 1 unspecified atom stereocenters. The Kier molecular flexibility index (Phi) is 2.81. The molecule has 0 N–H and O–H groups in total. The van der Waals surface area contributed by atoms with Gasteiger partial charge in [-0.1, -0.05) is 18.7 Å². The third kappa shape index (κ3) is 2.44. The molecule has 17 heavy (non-hydrogen) atoms. The predicted molar refractivity (Wildman–Crippen MR) is 58.1 cm³/mol. The minimum atomic E-state index is -0.591. The normalized spacial score (nSPS) is 17.2. The Balaban J connectivity index is 2.00. The lowest BCUT2D eigenvalue weighted by Crippen LogP contribution is -2.11. The molecule has 0 aliphatic carbocycles. The summed E-state index contributed by atoms with van der Waals surface area (Å²) in [4.78, 5) is 16.5. The van der Waals surface area contributed by atoms with Crippen LogP contribution in [0, 0.1) is 11.3 Å². The third-order valence-electron chi connectivity index (χ3n) is 2.15. The fourth-order valence-corrected chi connectivity index (χ4v) is 1.33. The average Bonchev–Trinajstić information content (AvgIpc) is 3.08. The van der Waals surface area contributed by atoms with E-state index in [0.29, 0.717) is 11.3 Å². The van der Waals surface area contributed by atoms with E-state index in [1.54, 1.807) is 31.2 Å². The predicted octanol–water partition coefficient (Wildman–Crippen LogP) is 2.47. The summed E-state index contributed by atoms with van der Waals surface area (Å²) >= 11 is 0. The lowest BCUT2D eigenvalue weighted by molar-refractivity contribution is 0.116. The highest BCUT2D eigenvalue weighted by Crippen LogP contribution is 2.37. The summed E-state index contributed by atoms with van der Waals surface area (Å²) in [5, 5.41) is 9.75. The Labute approximate surface area is 98.4 Å². The number of allylic oxidation sites excluding steroid dienone is 1. The molecule has 1 heterocycles. The average molecular weight is 230 g/mol. The van der Waals surface area contributed by atoms with Gasteiger partial charge in [0.25, 0.3) is 0 Å². The van der Waals surface area contributed by atoms with Crippen LogP contribution in [0.3, 0.4) is 0 Å². The van der Waals surface area contributed by atoms with Crippen LogP contribution in [0.1, 0.15) is 24.3 Å². The molecule has 86 valence electrons. The molecular weight excluding hydrogens is 220 g/mol. The second kappa shape index (κ2) is 4.28. The van der Waals surface area contributed by atoms with E-state index in [0.717, 1.165) is 10.6 Å². The topological polar surface area (TPSA) is 65.6 Å². The lowest BCUT2D eigenvalue weighted by atomic mass is 10.1. The number of nitriles is 1. The monoisotopic (exact) mass is 230 g/mol. The first-order valence-corrected chi connectivity index (χ1v) is 4.95. The van der Waals surface area contributed by atoms with Gasteiger partial charge in [0.05, 0.1) is 17.4 Å². The summed E-state index contributed by atoms with van der Waals surface area (Å²) in [6.07, 6.45) is -1.03. The van der Waals surface area contributed by atoms with E-state index in [-0.39, 0.29) is 0 Å². The molecule has 0 aromatic heterocycles. The number of hydrogen-bond acceptors (Lipinski definition) is 4. The van der Waals surface area contributed by atoms with E-state index in [1.165, 1.54) is 0 Å². The Hall–Kier alpha value is -2.32. The summed E-state index contributed by atoms with van der Waals surface area (Å²) in [5.41, 5.74) is 1.35. The van der Waals surface area contributed by atoms with Crippen molar-refractivity contribution in [2.45, 2.75) is 13.2 Å². The van der Waals surface area contributed by atoms with Crippen LogP contribution in [-0.4, -0.2) is 11.2 Å². The zero-order valence-corrected chi connectivity index (χ0v) is 9.21. The first kappa shape index (κ1) is 11.2. The van der Waals surface area contributed by atoms with E-state index in [4.69, 9.17) is 14.8 Å². The van der Waals surface area contributed by atoms with Gasteiger partial charge in [-0.3, -0.25) is 0 Å². The van der Waals surface area contributed by atoms with Gasteiger partial charge in [-0.25, -0.2) is 9.63 Å². The molecule has 2 rings (SSSR count). The minimum absolute atomic E-state index is 0.309. The van der Waals surface area contributed by atoms with Crippen molar-refractivity contribution in [3.05, 3.63) is 47.7 Å². The van der Waals surface area contributed by atoms with Gasteiger partial charge in [-0.15, -0.1) is 5.06 Å². The van der Waals surface area contributed by atoms with Crippen molar-refractivity contribution in [2.75, 3.05) is 0 Å². The van der Waals surface area contributed by atoms with Crippen molar-refractivity contribution in [3.63, 3.8) is 0 Å². The summed E-state index contributed by atoms with van der Waals surface area (Å²) in [6.45, 7) is 5.05. The Morgan fingerprint density at radius 2 is 2.18 bits per heavy atom. The highest BCUT2D eigenvalue weighted by molar-refractivity contribution is 5.69. The molecule has 0 spiro atoms. The Bertz CT molecular complexity index is 501. The van der Waals surface area contributed by atoms with E-state index in [9.17, 15) is 4.79 Å². The smallest absolute Gasteiger partial charge is 0.414 e. The first-order chi connectivity index (χ1) is 8.11. The van der Waals surface area contributed by atoms with Crippen molar-refractivity contribution < 1.29 is 14.4 Å². The van der Waals surface area contributed by atoms with Crippen molar-refractivity contribution in [3.8, 4) is 6.07 Å². The summed E-state index contributed by atoms with van der Waals surface area (Å²) in [7, 11) is 0. The molecule has 1 aromatic carbocycles. The zero-order chi connectivity index (χ0) is 12.4. The standard InChI is InChI=1S/C12H10N2O3/c1-8(2)16-12(15)14-11(17-14)10-5-3-9(7-13)4-6-10/h3-6,11H,1H2,2H3.